The molecule has 0 atom stereocenters. The van der Waals surface area contributed by atoms with E-state index in [4.69, 9.17) is 0 Å². The van der Waals surface area contributed by atoms with E-state index in [0.29, 0.717) is 17.5 Å². The van der Waals surface area contributed by atoms with E-state index in [0.717, 1.165) is 27.8 Å². The molecule has 1 heterocycles. The van der Waals surface area contributed by atoms with E-state index in [-0.39, 0.29) is 5.91 Å². The van der Waals surface area contributed by atoms with Crippen molar-refractivity contribution in [1.29, 1.82) is 0 Å². The second-order valence-corrected chi connectivity index (χ2v) is 7.02. The Bertz CT molecular complexity index is 821. The quantitative estimate of drug-likeness (QED) is 0.769. The number of hydrogen-bond donors (Lipinski definition) is 1. The van der Waals surface area contributed by atoms with Gasteiger partial charge in [0.25, 0.3) is 0 Å². The van der Waals surface area contributed by atoms with Crippen LogP contribution in [0.25, 0.3) is 10.8 Å². The number of nitrogens with one attached hydrogen (secondary N) is 1. The lowest BCUT2D eigenvalue weighted by Crippen LogP contribution is -2.14. The summed E-state index contributed by atoms with van der Waals surface area (Å²) in [5.41, 5.74) is 1.02. The molecule has 0 spiro atoms. The Hall–Kier alpha value is -2.27. The van der Waals surface area contributed by atoms with Gasteiger partial charge in [-0.3, -0.25) is 4.79 Å². The van der Waals surface area contributed by atoms with Gasteiger partial charge in [-0.15, -0.1) is 10.2 Å². The number of anilines is 1. The minimum Gasteiger partial charge on any atom is -0.300 e. The molecule has 1 aromatic heterocycles. The van der Waals surface area contributed by atoms with Crippen LogP contribution in [0.1, 0.15) is 24.4 Å². The summed E-state index contributed by atoms with van der Waals surface area (Å²) in [5.74, 6) is 0.468. The molecule has 0 bridgehead atoms. The molecule has 0 radical (unpaired) electrons. The van der Waals surface area contributed by atoms with Gasteiger partial charge in [0.1, 0.15) is 5.01 Å². The molecule has 1 amide bonds. The van der Waals surface area contributed by atoms with Gasteiger partial charge in [-0.1, -0.05) is 67.6 Å². The lowest BCUT2D eigenvalue weighted by atomic mass is 10.0. The van der Waals surface area contributed by atoms with Gasteiger partial charge in [0.15, 0.2) is 0 Å². The lowest BCUT2D eigenvalue weighted by Gasteiger charge is -2.06. The van der Waals surface area contributed by atoms with Crippen LogP contribution in [-0.2, 0) is 17.6 Å². The number of carbonyl (C=O) groups excluding carboxylic acids is 1. The van der Waals surface area contributed by atoms with Gasteiger partial charge in [0.05, 0.1) is 6.42 Å². The number of carbonyl (C=O) groups is 1. The molecule has 23 heavy (non-hydrogen) atoms. The zero-order valence-corrected chi connectivity index (χ0v) is 14.1. The Morgan fingerprint density at radius 2 is 1.91 bits per heavy atom. The standard InChI is InChI=1S/C18H19N3OS/c1-12(2)10-17-20-21-18(23-17)19-16(22)11-14-8-5-7-13-6-3-4-9-15(13)14/h3-9,12H,10-11H2,1-2H3,(H,19,21,22). The van der Waals surface area contributed by atoms with Crippen LogP contribution in [0.2, 0.25) is 0 Å². The molecule has 3 rings (SSSR count). The van der Waals surface area contributed by atoms with Crippen molar-refractivity contribution >= 4 is 33.1 Å². The van der Waals surface area contributed by atoms with Crippen molar-refractivity contribution in [3.63, 3.8) is 0 Å². The van der Waals surface area contributed by atoms with E-state index in [2.05, 4.69) is 41.5 Å². The molecule has 0 unspecified atom stereocenters. The van der Waals surface area contributed by atoms with Crippen LogP contribution >= 0.6 is 11.3 Å². The Morgan fingerprint density at radius 1 is 1.13 bits per heavy atom. The fourth-order valence-electron chi connectivity index (χ4n) is 2.52. The Balaban J connectivity index is 1.70. The van der Waals surface area contributed by atoms with Crippen LogP contribution in [0.4, 0.5) is 5.13 Å². The molecule has 118 valence electrons. The summed E-state index contributed by atoms with van der Waals surface area (Å²) >= 11 is 1.45. The van der Waals surface area contributed by atoms with Crippen LogP contribution in [0, 0.1) is 5.92 Å². The minimum atomic E-state index is -0.0615. The molecule has 0 aliphatic heterocycles. The van der Waals surface area contributed by atoms with Crippen LogP contribution in [0.15, 0.2) is 42.5 Å². The van der Waals surface area contributed by atoms with Crippen LogP contribution in [0.3, 0.4) is 0 Å². The van der Waals surface area contributed by atoms with Crippen LogP contribution < -0.4 is 5.32 Å². The molecule has 5 heteroatoms. The summed E-state index contributed by atoms with van der Waals surface area (Å²) in [6, 6.07) is 14.1. The van der Waals surface area contributed by atoms with E-state index in [1.807, 2.05) is 30.3 Å². The molecular formula is C18H19N3OS. The average molecular weight is 325 g/mol. The van der Waals surface area contributed by atoms with E-state index in [1.165, 1.54) is 11.3 Å². The third-order valence-corrected chi connectivity index (χ3v) is 4.39. The van der Waals surface area contributed by atoms with Gasteiger partial charge in [-0.25, -0.2) is 0 Å². The Morgan fingerprint density at radius 3 is 2.74 bits per heavy atom. The minimum absolute atomic E-state index is 0.0615. The highest BCUT2D eigenvalue weighted by Gasteiger charge is 2.11. The summed E-state index contributed by atoms with van der Waals surface area (Å²) in [5, 5.41) is 14.8. The molecule has 0 fully saturated rings. The number of amides is 1. The number of benzene rings is 2. The third-order valence-electron chi connectivity index (χ3n) is 3.53. The van der Waals surface area contributed by atoms with Gasteiger partial charge in [0.2, 0.25) is 11.0 Å². The first-order valence-electron chi connectivity index (χ1n) is 7.70. The average Bonchev–Trinajstić information content (AvgIpc) is 2.93. The molecule has 4 nitrogen and oxygen atoms in total. The highest BCUT2D eigenvalue weighted by molar-refractivity contribution is 7.15. The Labute approximate surface area is 139 Å². The molecular weight excluding hydrogens is 306 g/mol. The maximum absolute atomic E-state index is 12.3. The SMILES string of the molecule is CC(C)Cc1nnc(NC(=O)Cc2cccc3ccccc23)s1. The van der Waals surface area contributed by atoms with Crippen molar-refractivity contribution in [2.24, 2.45) is 5.92 Å². The van der Waals surface area contributed by atoms with Gasteiger partial charge < -0.3 is 5.32 Å². The second-order valence-electron chi connectivity index (χ2n) is 5.96. The van der Waals surface area contributed by atoms with Gasteiger partial charge in [-0.2, -0.15) is 0 Å². The lowest BCUT2D eigenvalue weighted by molar-refractivity contribution is -0.115. The molecule has 0 saturated carbocycles. The Kier molecular flexibility index (Phi) is 4.67. The first-order chi connectivity index (χ1) is 11.1. The van der Waals surface area contributed by atoms with Gasteiger partial charge in [-0.05, 0) is 22.3 Å². The topological polar surface area (TPSA) is 54.9 Å². The number of fused-ring (bicyclic) bond motifs is 1. The van der Waals surface area contributed by atoms with E-state index >= 15 is 0 Å². The smallest absolute Gasteiger partial charge is 0.230 e. The van der Waals surface area contributed by atoms with Crippen molar-refractivity contribution in [2.75, 3.05) is 5.32 Å². The zero-order chi connectivity index (χ0) is 16.2. The highest BCUT2D eigenvalue weighted by atomic mass is 32.1. The van der Waals surface area contributed by atoms with E-state index < -0.39 is 0 Å². The van der Waals surface area contributed by atoms with Crippen molar-refractivity contribution in [3.8, 4) is 0 Å². The fourth-order valence-corrected chi connectivity index (χ4v) is 3.49. The molecule has 0 saturated heterocycles. The van der Waals surface area contributed by atoms with Crippen molar-refractivity contribution in [3.05, 3.63) is 53.0 Å². The highest BCUT2D eigenvalue weighted by Crippen LogP contribution is 2.21. The first kappa shape index (κ1) is 15.6. The maximum Gasteiger partial charge on any atom is 0.230 e. The number of nitrogens with zero attached hydrogens (tertiary/aromatic N) is 2. The molecule has 0 aliphatic carbocycles. The zero-order valence-electron chi connectivity index (χ0n) is 13.2. The number of rotatable bonds is 5. The number of aromatic nitrogens is 2. The molecule has 1 N–H and O–H groups in total. The van der Waals surface area contributed by atoms with Crippen LogP contribution in [0.5, 0.6) is 0 Å². The summed E-state index contributed by atoms with van der Waals surface area (Å²) < 4.78 is 0. The van der Waals surface area contributed by atoms with Crippen molar-refractivity contribution < 1.29 is 4.79 Å². The second kappa shape index (κ2) is 6.87. The predicted molar refractivity (Wildman–Crippen MR) is 94.7 cm³/mol. The summed E-state index contributed by atoms with van der Waals surface area (Å²) in [6.07, 6.45) is 1.22. The first-order valence-corrected chi connectivity index (χ1v) is 8.52. The molecule has 3 aromatic rings. The van der Waals surface area contributed by atoms with Crippen molar-refractivity contribution in [1.82, 2.24) is 10.2 Å². The maximum atomic E-state index is 12.3. The molecule has 0 aliphatic rings. The summed E-state index contributed by atoms with van der Waals surface area (Å²) in [6.45, 7) is 4.28. The molecule has 2 aromatic carbocycles. The van der Waals surface area contributed by atoms with Gasteiger partial charge >= 0.3 is 0 Å². The summed E-state index contributed by atoms with van der Waals surface area (Å²) in [4.78, 5) is 12.3. The number of hydrogen-bond acceptors (Lipinski definition) is 4. The van der Waals surface area contributed by atoms with E-state index in [9.17, 15) is 4.79 Å². The monoisotopic (exact) mass is 325 g/mol. The largest absolute Gasteiger partial charge is 0.300 e. The van der Waals surface area contributed by atoms with Crippen LogP contribution in [-0.4, -0.2) is 16.1 Å². The predicted octanol–water partition coefficient (Wildman–Crippen LogP) is 4.07. The van der Waals surface area contributed by atoms with Crippen molar-refractivity contribution in [2.45, 2.75) is 26.7 Å². The normalized spacial score (nSPS) is 11.1. The van der Waals surface area contributed by atoms with E-state index in [1.54, 1.807) is 0 Å². The van der Waals surface area contributed by atoms with Gasteiger partial charge in [0, 0.05) is 6.42 Å². The fraction of sp³-hybridized carbons (Fsp3) is 0.278. The third kappa shape index (κ3) is 3.93. The summed E-state index contributed by atoms with van der Waals surface area (Å²) in [7, 11) is 0.